The van der Waals surface area contributed by atoms with Gasteiger partial charge < -0.3 is 20.4 Å². The van der Waals surface area contributed by atoms with Gasteiger partial charge in [0.2, 0.25) is 0 Å². The van der Waals surface area contributed by atoms with Crippen LogP contribution in [0.15, 0.2) is 66.7 Å². The van der Waals surface area contributed by atoms with E-state index in [4.69, 9.17) is 0 Å². The monoisotopic (exact) mass is 423 g/mol. The molecule has 0 bridgehead atoms. The Bertz CT molecular complexity index is 1480. The molecule has 0 saturated heterocycles. The summed E-state index contributed by atoms with van der Waals surface area (Å²) >= 11 is 0. The zero-order chi connectivity index (χ0) is 22.4. The van der Waals surface area contributed by atoms with Crippen molar-refractivity contribution in [1.29, 1.82) is 0 Å². The highest BCUT2D eigenvalue weighted by molar-refractivity contribution is 6.39. The highest BCUT2D eigenvalue weighted by Gasteiger charge is 2.32. The average Bonchev–Trinajstić information content (AvgIpc) is 3.04. The summed E-state index contributed by atoms with van der Waals surface area (Å²) in [4.78, 5) is 17.3. The van der Waals surface area contributed by atoms with Crippen molar-refractivity contribution in [2.24, 2.45) is 0 Å². The van der Waals surface area contributed by atoms with Crippen molar-refractivity contribution in [3.63, 3.8) is 0 Å². The molecule has 1 aliphatic rings. The van der Waals surface area contributed by atoms with Crippen LogP contribution in [0.4, 0.5) is 0 Å². The second kappa shape index (κ2) is 7.28. The Balaban J connectivity index is 1.52. The highest BCUT2D eigenvalue weighted by atomic mass is 16.3. The lowest BCUT2D eigenvalue weighted by molar-refractivity contribution is 0.105. The molecule has 156 valence electrons. The van der Waals surface area contributed by atoms with Gasteiger partial charge in [-0.1, -0.05) is 48.6 Å². The number of hydrogen-bond acceptors (Lipinski definition) is 6. The maximum Gasteiger partial charge on any atom is 0.199 e. The molecule has 4 N–H and O–H groups in total. The quantitative estimate of drug-likeness (QED) is 0.268. The van der Waals surface area contributed by atoms with Crippen LogP contribution in [0.1, 0.15) is 32.7 Å². The number of phenols is 2. The van der Waals surface area contributed by atoms with Crippen molar-refractivity contribution in [3.8, 4) is 17.2 Å². The van der Waals surface area contributed by atoms with Crippen LogP contribution in [-0.2, 0) is 0 Å². The Morgan fingerprint density at radius 1 is 0.688 bits per heavy atom. The Hall–Kier alpha value is -4.58. The van der Waals surface area contributed by atoms with E-state index in [1.807, 2.05) is 18.2 Å². The van der Waals surface area contributed by atoms with Gasteiger partial charge in [0.15, 0.2) is 17.3 Å². The van der Waals surface area contributed by atoms with Gasteiger partial charge in [-0.15, -0.1) is 0 Å². The van der Waals surface area contributed by atoms with Crippen LogP contribution in [-0.4, -0.2) is 31.2 Å². The lowest BCUT2D eigenvalue weighted by atomic mass is 10.0. The van der Waals surface area contributed by atoms with E-state index in [2.05, 4.69) is 4.98 Å². The molecule has 0 radical (unpaired) electrons. The molecule has 4 aromatic rings. The normalized spacial score (nSPS) is 13.3. The van der Waals surface area contributed by atoms with Crippen LogP contribution in [0.3, 0.4) is 0 Å². The first kappa shape index (κ1) is 19.4. The minimum absolute atomic E-state index is 0.0123. The summed E-state index contributed by atoms with van der Waals surface area (Å²) in [5.41, 5.74) is 2.92. The smallest absolute Gasteiger partial charge is 0.199 e. The van der Waals surface area contributed by atoms with Gasteiger partial charge >= 0.3 is 0 Å². The number of nitrogens with zero attached hydrogens (tertiary/aromatic N) is 1. The summed E-state index contributed by atoms with van der Waals surface area (Å²) in [6, 6.07) is 18.2. The average molecular weight is 423 g/mol. The molecular formula is C26H17NO5. The van der Waals surface area contributed by atoms with Crippen LogP contribution in [0, 0.1) is 0 Å². The minimum atomic E-state index is -0.378. The molecule has 0 atom stereocenters. The molecule has 0 aliphatic heterocycles. The molecule has 6 heteroatoms. The molecule has 1 heterocycles. The molecule has 6 nitrogen and oxygen atoms in total. The summed E-state index contributed by atoms with van der Waals surface area (Å²) in [7, 11) is 0. The van der Waals surface area contributed by atoms with Crippen LogP contribution in [0.2, 0.25) is 0 Å². The number of fused-ring (bicyclic) bond motifs is 2. The fraction of sp³-hybridized carbons (Fsp3) is 0. The number of rotatable bonds is 3. The third-order valence-corrected chi connectivity index (χ3v) is 5.41. The highest BCUT2D eigenvalue weighted by Crippen LogP contribution is 2.39. The molecule has 0 fully saturated rings. The molecule has 1 aromatic heterocycles. The molecule has 32 heavy (non-hydrogen) atoms. The van der Waals surface area contributed by atoms with Crippen molar-refractivity contribution in [1.82, 2.24) is 4.98 Å². The fourth-order valence-corrected chi connectivity index (χ4v) is 3.79. The van der Waals surface area contributed by atoms with E-state index in [0.717, 1.165) is 5.56 Å². The number of aliphatic hydroxyl groups is 1. The van der Waals surface area contributed by atoms with Crippen LogP contribution >= 0.6 is 0 Å². The maximum atomic E-state index is 12.8. The largest absolute Gasteiger partial charge is 0.506 e. The number of aromatic hydroxyl groups is 3. The zero-order valence-electron chi connectivity index (χ0n) is 16.6. The number of allylic oxidation sites excluding steroid dienone is 1. The number of aromatic nitrogens is 1. The lowest BCUT2D eigenvalue weighted by Gasteiger charge is -2.08. The molecule has 0 spiro atoms. The fourth-order valence-electron chi connectivity index (χ4n) is 3.79. The number of ketones is 1. The van der Waals surface area contributed by atoms with Crippen molar-refractivity contribution in [3.05, 3.63) is 94.7 Å². The second-order valence-electron chi connectivity index (χ2n) is 7.49. The predicted octanol–water partition coefficient (Wildman–Crippen LogP) is 5.14. The van der Waals surface area contributed by atoms with Gasteiger partial charge in [-0.05, 0) is 41.5 Å². The second-order valence-corrected chi connectivity index (χ2v) is 7.49. The Kier molecular flexibility index (Phi) is 4.41. The summed E-state index contributed by atoms with van der Waals surface area (Å²) in [6.45, 7) is 0. The Morgan fingerprint density at radius 2 is 1.38 bits per heavy atom. The number of pyridine rings is 1. The van der Waals surface area contributed by atoms with Crippen LogP contribution < -0.4 is 0 Å². The first-order valence-corrected chi connectivity index (χ1v) is 9.84. The number of phenolic OH excluding ortho intramolecular Hbond substituents is 2. The summed E-state index contributed by atoms with van der Waals surface area (Å²) < 4.78 is 0. The van der Waals surface area contributed by atoms with Crippen molar-refractivity contribution >= 4 is 40.2 Å². The third kappa shape index (κ3) is 3.15. The van der Waals surface area contributed by atoms with Crippen molar-refractivity contribution in [2.45, 2.75) is 0 Å². The predicted molar refractivity (Wildman–Crippen MR) is 122 cm³/mol. The minimum Gasteiger partial charge on any atom is -0.506 e. The number of hydrogen-bond donors (Lipinski definition) is 4. The number of carbonyl (C=O) groups is 1. The van der Waals surface area contributed by atoms with E-state index in [0.29, 0.717) is 27.6 Å². The number of aliphatic hydroxyl groups excluding tert-OH is 1. The van der Waals surface area contributed by atoms with Gasteiger partial charge in [-0.3, -0.25) is 4.79 Å². The SMILES string of the molecule is O=C1C(c2nc3ccc(/C=C/c4ccc(O)c(O)c4)cc3cc2O)=C(O)c2ccccc21. The summed E-state index contributed by atoms with van der Waals surface area (Å²) in [6.07, 6.45) is 3.60. The molecular weight excluding hydrogens is 406 g/mol. The van der Waals surface area contributed by atoms with Gasteiger partial charge in [-0.25, -0.2) is 4.98 Å². The van der Waals surface area contributed by atoms with Crippen LogP contribution in [0.5, 0.6) is 17.2 Å². The topological polar surface area (TPSA) is 111 Å². The van der Waals surface area contributed by atoms with E-state index >= 15 is 0 Å². The standard InChI is InChI=1S/C26H17NO5/c28-20-10-8-15(12-21(20)29)6-5-14-7-9-19-16(11-14)13-22(30)24(27-19)23-25(31)17-3-1-2-4-18(17)26(23)32/h1-13,28-31H/b6-5+. The molecule has 0 amide bonds. The Morgan fingerprint density at radius 3 is 2.09 bits per heavy atom. The van der Waals surface area contributed by atoms with Gasteiger partial charge in [0.1, 0.15) is 17.2 Å². The van der Waals surface area contributed by atoms with Crippen LogP contribution in [0.25, 0.3) is 34.4 Å². The molecule has 1 aliphatic carbocycles. The maximum absolute atomic E-state index is 12.8. The molecule has 5 rings (SSSR count). The van der Waals surface area contributed by atoms with Gasteiger partial charge in [0.05, 0.1) is 11.1 Å². The van der Waals surface area contributed by atoms with E-state index < -0.39 is 0 Å². The van der Waals surface area contributed by atoms with E-state index in [-0.39, 0.29) is 40.1 Å². The van der Waals surface area contributed by atoms with E-state index in [9.17, 15) is 25.2 Å². The van der Waals surface area contributed by atoms with Gasteiger partial charge in [0, 0.05) is 16.5 Å². The molecule has 0 unspecified atom stereocenters. The van der Waals surface area contributed by atoms with Gasteiger partial charge in [-0.2, -0.15) is 0 Å². The lowest BCUT2D eigenvalue weighted by Crippen LogP contribution is -2.01. The van der Waals surface area contributed by atoms with Crippen molar-refractivity contribution < 1.29 is 25.2 Å². The molecule has 0 saturated carbocycles. The Labute approximate surface area is 182 Å². The number of carbonyl (C=O) groups excluding carboxylic acids is 1. The van der Waals surface area contributed by atoms with E-state index in [1.165, 1.54) is 18.2 Å². The first-order valence-electron chi connectivity index (χ1n) is 9.84. The first-order chi connectivity index (χ1) is 15.4. The number of Topliss-reactive ketones (excluding diaryl/α,β-unsaturated/α-hetero) is 1. The van der Waals surface area contributed by atoms with E-state index in [1.54, 1.807) is 42.5 Å². The zero-order valence-corrected chi connectivity index (χ0v) is 16.6. The van der Waals surface area contributed by atoms with Gasteiger partial charge in [0.25, 0.3) is 0 Å². The number of benzene rings is 3. The molecule has 3 aromatic carbocycles. The van der Waals surface area contributed by atoms with Crippen molar-refractivity contribution in [2.75, 3.05) is 0 Å². The summed E-state index contributed by atoms with van der Waals surface area (Å²) in [5.74, 6) is -1.16. The summed E-state index contributed by atoms with van der Waals surface area (Å²) in [5, 5.41) is 40.9. The third-order valence-electron chi connectivity index (χ3n) is 5.41.